The van der Waals surface area contributed by atoms with Crippen molar-refractivity contribution in [2.24, 2.45) is 0 Å². The standard InChI is InChI=1S/C10H14N2O3/c13-9(14)6-5-8-11-10(12-15-8)7-3-1-2-4-7/h7H,1-6H2,(H,13,14). The Morgan fingerprint density at radius 3 is 2.87 bits per heavy atom. The summed E-state index contributed by atoms with van der Waals surface area (Å²) in [7, 11) is 0. The van der Waals surface area contributed by atoms with Gasteiger partial charge in [-0.1, -0.05) is 18.0 Å². The Balaban J connectivity index is 1.94. The molecule has 1 aliphatic carbocycles. The number of hydrogen-bond donors (Lipinski definition) is 1. The van der Waals surface area contributed by atoms with Gasteiger partial charge in [0.25, 0.3) is 0 Å². The van der Waals surface area contributed by atoms with Crippen molar-refractivity contribution in [3.8, 4) is 0 Å². The molecule has 5 nitrogen and oxygen atoms in total. The van der Waals surface area contributed by atoms with E-state index in [1.807, 2.05) is 0 Å². The first-order valence-corrected chi connectivity index (χ1v) is 5.30. The quantitative estimate of drug-likeness (QED) is 0.819. The minimum Gasteiger partial charge on any atom is -0.481 e. The topological polar surface area (TPSA) is 76.2 Å². The van der Waals surface area contributed by atoms with Crippen molar-refractivity contribution < 1.29 is 14.4 Å². The van der Waals surface area contributed by atoms with E-state index in [1.54, 1.807) is 0 Å². The van der Waals surface area contributed by atoms with Gasteiger partial charge in [-0.15, -0.1) is 0 Å². The lowest BCUT2D eigenvalue weighted by molar-refractivity contribution is -0.137. The zero-order valence-corrected chi connectivity index (χ0v) is 8.48. The Hall–Kier alpha value is -1.39. The molecule has 1 saturated carbocycles. The lowest BCUT2D eigenvalue weighted by Gasteiger charge is -1.99. The molecule has 0 spiro atoms. The van der Waals surface area contributed by atoms with Gasteiger partial charge in [0.05, 0.1) is 6.42 Å². The molecule has 1 N–H and O–H groups in total. The van der Waals surface area contributed by atoms with Gasteiger partial charge in [-0.2, -0.15) is 4.98 Å². The number of aliphatic carboxylic acids is 1. The second kappa shape index (κ2) is 4.42. The minimum absolute atomic E-state index is 0.0479. The SMILES string of the molecule is O=C(O)CCc1nc(C2CCCC2)no1. The average Bonchev–Trinajstić information content (AvgIpc) is 2.85. The van der Waals surface area contributed by atoms with Gasteiger partial charge in [0.15, 0.2) is 5.82 Å². The highest BCUT2D eigenvalue weighted by Gasteiger charge is 2.22. The van der Waals surface area contributed by atoms with Gasteiger partial charge in [-0.3, -0.25) is 4.79 Å². The molecule has 0 aliphatic heterocycles. The summed E-state index contributed by atoms with van der Waals surface area (Å²) in [6.45, 7) is 0. The number of carboxylic acid groups (broad SMARTS) is 1. The summed E-state index contributed by atoms with van der Waals surface area (Å²) >= 11 is 0. The summed E-state index contributed by atoms with van der Waals surface area (Å²) in [5.41, 5.74) is 0. The summed E-state index contributed by atoms with van der Waals surface area (Å²) < 4.78 is 5.00. The Bertz CT molecular complexity index is 342. The van der Waals surface area contributed by atoms with Crippen LogP contribution in [0.15, 0.2) is 4.52 Å². The van der Waals surface area contributed by atoms with E-state index in [1.165, 1.54) is 12.8 Å². The van der Waals surface area contributed by atoms with Crippen LogP contribution in [0.3, 0.4) is 0 Å². The first-order valence-electron chi connectivity index (χ1n) is 5.30. The zero-order chi connectivity index (χ0) is 10.7. The van der Waals surface area contributed by atoms with Crippen LogP contribution in [0.2, 0.25) is 0 Å². The Morgan fingerprint density at radius 2 is 2.20 bits per heavy atom. The first kappa shape index (κ1) is 10.1. The smallest absolute Gasteiger partial charge is 0.303 e. The van der Waals surface area contributed by atoms with Crippen LogP contribution < -0.4 is 0 Å². The minimum atomic E-state index is -0.837. The summed E-state index contributed by atoms with van der Waals surface area (Å²) in [6.07, 6.45) is 5.07. The third kappa shape index (κ3) is 2.55. The van der Waals surface area contributed by atoms with Gasteiger partial charge in [0, 0.05) is 12.3 Å². The van der Waals surface area contributed by atoms with Gasteiger partial charge in [-0.05, 0) is 12.8 Å². The fourth-order valence-corrected chi connectivity index (χ4v) is 1.93. The van der Waals surface area contributed by atoms with E-state index < -0.39 is 5.97 Å². The lowest BCUT2D eigenvalue weighted by Crippen LogP contribution is -1.98. The third-order valence-electron chi connectivity index (χ3n) is 2.76. The molecule has 82 valence electrons. The molecule has 0 atom stereocenters. The maximum absolute atomic E-state index is 10.3. The number of carbonyl (C=O) groups is 1. The molecule has 0 bridgehead atoms. The molecule has 0 saturated heterocycles. The molecule has 2 rings (SSSR count). The van der Waals surface area contributed by atoms with Crippen molar-refractivity contribution >= 4 is 5.97 Å². The highest BCUT2D eigenvalue weighted by Crippen LogP contribution is 2.32. The second-order valence-electron chi connectivity index (χ2n) is 3.92. The van der Waals surface area contributed by atoms with Crippen LogP contribution in [0.4, 0.5) is 0 Å². The van der Waals surface area contributed by atoms with Crippen LogP contribution >= 0.6 is 0 Å². The van der Waals surface area contributed by atoms with E-state index >= 15 is 0 Å². The Kier molecular flexibility index (Phi) is 2.99. The lowest BCUT2D eigenvalue weighted by atomic mass is 10.1. The highest BCUT2D eigenvalue weighted by molar-refractivity contribution is 5.66. The van der Waals surface area contributed by atoms with Crippen molar-refractivity contribution in [1.29, 1.82) is 0 Å². The van der Waals surface area contributed by atoms with E-state index in [0.717, 1.165) is 18.7 Å². The van der Waals surface area contributed by atoms with Crippen LogP contribution in [-0.2, 0) is 11.2 Å². The molecular formula is C10H14N2O3. The molecule has 0 aromatic carbocycles. The molecule has 15 heavy (non-hydrogen) atoms. The summed E-state index contributed by atoms with van der Waals surface area (Å²) in [5.74, 6) is 0.787. The largest absolute Gasteiger partial charge is 0.481 e. The van der Waals surface area contributed by atoms with Gasteiger partial charge < -0.3 is 9.63 Å². The molecule has 1 aromatic rings. The fraction of sp³-hybridized carbons (Fsp3) is 0.700. The van der Waals surface area contributed by atoms with E-state index in [2.05, 4.69) is 10.1 Å². The third-order valence-corrected chi connectivity index (χ3v) is 2.76. The fourth-order valence-electron chi connectivity index (χ4n) is 1.93. The van der Waals surface area contributed by atoms with E-state index in [9.17, 15) is 4.79 Å². The molecule has 1 fully saturated rings. The molecule has 1 aromatic heterocycles. The van der Waals surface area contributed by atoms with Gasteiger partial charge in [-0.25, -0.2) is 0 Å². The van der Waals surface area contributed by atoms with Crippen LogP contribution in [0.1, 0.15) is 49.7 Å². The van der Waals surface area contributed by atoms with Crippen LogP contribution in [0, 0.1) is 0 Å². The van der Waals surface area contributed by atoms with Crippen molar-refractivity contribution in [1.82, 2.24) is 10.1 Å². The number of aryl methyl sites for hydroxylation is 1. The maximum atomic E-state index is 10.3. The molecule has 1 heterocycles. The Morgan fingerprint density at radius 1 is 1.47 bits per heavy atom. The molecule has 0 radical (unpaired) electrons. The molecule has 0 unspecified atom stereocenters. The summed E-state index contributed by atoms with van der Waals surface area (Å²) in [5, 5.41) is 12.4. The summed E-state index contributed by atoms with van der Waals surface area (Å²) in [4.78, 5) is 14.6. The van der Waals surface area contributed by atoms with Gasteiger partial charge >= 0.3 is 5.97 Å². The Labute approximate surface area is 87.5 Å². The maximum Gasteiger partial charge on any atom is 0.303 e. The molecule has 5 heteroatoms. The number of hydrogen-bond acceptors (Lipinski definition) is 4. The van der Waals surface area contributed by atoms with E-state index in [0.29, 0.717) is 18.2 Å². The van der Waals surface area contributed by atoms with Crippen molar-refractivity contribution in [2.45, 2.75) is 44.4 Å². The van der Waals surface area contributed by atoms with Gasteiger partial charge in [0.2, 0.25) is 5.89 Å². The van der Waals surface area contributed by atoms with Crippen LogP contribution in [0.25, 0.3) is 0 Å². The van der Waals surface area contributed by atoms with Gasteiger partial charge in [0.1, 0.15) is 0 Å². The predicted molar refractivity (Wildman–Crippen MR) is 51.5 cm³/mol. The van der Waals surface area contributed by atoms with Crippen molar-refractivity contribution in [3.05, 3.63) is 11.7 Å². The monoisotopic (exact) mass is 210 g/mol. The molecule has 0 amide bonds. The number of carboxylic acids is 1. The normalized spacial score (nSPS) is 17.1. The first-order chi connectivity index (χ1) is 7.25. The zero-order valence-electron chi connectivity index (χ0n) is 8.48. The molecular weight excluding hydrogens is 196 g/mol. The summed E-state index contributed by atoms with van der Waals surface area (Å²) in [6, 6.07) is 0. The van der Waals surface area contributed by atoms with E-state index in [-0.39, 0.29) is 6.42 Å². The van der Waals surface area contributed by atoms with E-state index in [4.69, 9.17) is 9.63 Å². The number of rotatable bonds is 4. The average molecular weight is 210 g/mol. The van der Waals surface area contributed by atoms with Crippen LogP contribution in [0.5, 0.6) is 0 Å². The number of aromatic nitrogens is 2. The van der Waals surface area contributed by atoms with Crippen molar-refractivity contribution in [3.63, 3.8) is 0 Å². The molecule has 1 aliphatic rings. The van der Waals surface area contributed by atoms with Crippen LogP contribution in [-0.4, -0.2) is 21.2 Å². The highest BCUT2D eigenvalue weighted by atomic mass is 16.5. The predicted octanol–water partition coefficient (Wildman–Crippen LogP) is 1.74. The number of nitrogens with zero attached hydrogens (tertiary/aromatic N) is 2. The second-order valence-corrected chi connectivity index (χ2v) is 3.92. The van der Waals surface area contributed by atoms with Crippen molar-refractivity contribution in [2.75, 3.05) is 0 Å².